The monoisotopic (exact) mass is 356 g/mol. The van der Waals surface area contributed by atoms with E-state index in [0.29, 0.717) is 11.0 Å². The van der Waals surface area contributed by atoms with Gasteiger partial charge in [0.05, 0.1) is 24.7 Å². The molecular weight excluding hydrogens is 340 g/mol. The number of thioether (sulfide) groups is 1. The van der Waals surface area contributed by atoms with Gasteiger partial charge < -0.3 is 10.1 Å². The highest BCUT2D eigenvalue weighted by Crippen LogP contribution is 2.23. The van der Waals surface area contributed by atoms with E-state index in [0.717, 1.165) is 11.4 Å². The van der Waals surface area contributed by atoms with Crippen molar-refractivity contribution in [2.75, 3.05) is 18.2 Å². The Morgan fingerprint density at radius 3 is 2.84 bits per heavy atom. The molecular formula is C16H16N6O2S. The fourth-order valence-electron chi connectivity index (χ4n) is 2.11. The Hall–Kier alpha value is -2.94. The van der Waals surface area contributed by atoms with Gasteiger partial charge in [0, 0.05) is 11.9 Å². The second-order valence-corrected chi connectivity index (χ2v) is 5.61. The first-order valence-corrected chi connectivity index (χ1v) is 8.75. The minimum atomic E-state index is -0.470. The zero-order valence-corrected chi connectivity index (χ0v) is 14.5. The zero-order valence-electron chi connectivity index (χ0n) is 13.7. The minimum Gasteiger partial charge on any atom is -0.462 e. The van der Waals surface area contributed by atoms with Crippen LogP contribution in [0.2, 0.25) is 0 Å². The summed E-state index contributed by atoms with van der Waals surface area (Å²) in [5.74, 6) is -0.0778. The molecule has 0 radical (unpaired) electrons. The minimum absolute atomic E-state index is 0.280. The Kier molecular flexibility index (Phi) is 5.24. The molecule has 0 fully saturated rings. The largest absolute Gasteiger partial charge is 0.462 e. The van der Waals surface area contributed by atoms with E-state index >= 15 is 0 Å². The molecule has 1 aromatic carbocycles. The molecule has 0 spiro atoms. The highest BCUT2D eigenvalue weighted by Gasteiger charge is 2.16. The Balaban J connectivity index is 1.94. The first-order valence-electron chi connectivity index (χ1n) is 7.53. The number of carbonyl (C=O) groups excluding carboxylic acids is 1. The first-order chi connectivity index (χ1) is 12.2. The van der Waals surface area contributed by atoms with E-state index in [9.17, 15) is 4.79 Å². The van der Waals surface area contributed by atoms with Gasteiger partial charge in [-0.2, -0.15) is 15.0 Å². The molecule has 0 atom stereocenters. The highest BCUT2D eigenvalue weighted by molar-refractivity contribution is 7.98. The number of rotatable bonds is 6. The summed E-state index contributed by atoms with van der Waals surface area (Å²) in [5, 5.41) is 11.9. The van der Waals surface area contributed by atoms with E-state index in [2.05, 4.69) is 25.5 Å². The van der Waals surface area contributed by atoms with Crippen LogP contribution in [0.15, 0.2) is 48.0 Å². The van der Waals surface area contributed by atoms with Crippen molar-refractivity contribution in [1.29, 1.82) is 0 Å². The van der Waals surface area contributed by atoms with E-state index in [1.54, 1.807) is 19.3 Å². The SMILES string of the molecule is CCOC(=O)c1cnc(SC)nc1Nc1cccc(-n2nccn2)c1. The van der Waals surface area contributed by atoms with E-state index < -0.39 is 5.97 Å². The lowest BCUT2D eigenvalue weighted by Crippen LogP contribution is -2.11. The molecule has 2 heterocycles. The van der Waals surface area contributed by atoms with Crippen LogP contribution in [-0.2, 0) is 4.74 Å². The summed E-state index contributed by atoms with van der Waals surface area (Å²) in [6.07, 6.45) is 6.55. The summed E-state index contributed by atoms with van der Waals surface area (Å²) in [6.45, 7) is 2.03. The summed E-state index contributed by atoms with van der Waals surface area (Å²) >= 11 is 1.39. The lowest BCUT2D eigenvalue weighted by atomic mass is 10.2. The van der Waals surface area contributed by atoms with Gasteiger partial charge in [-0.15, -0.1) is 0 Å². The molecule has 128 valence electrons. The van der Waals surface area contributed by atoms with Crippen LogP contribution in [0, 0.1) is 0 Å². The van der Waals surface area contributed by atoms with Gasteiger partial charge in [0.15, 0.2) is 5.16 Å². The van der Waals surface area contributed by atoms with Crippen LogP contribution < -0.4 is 5.32 Å². The molecule has 25 heavy (non-hydrogen) atoms. The average molecular weight is 356 g/mol. The van der Waals surface area contributed by atoms with Crippen LogP contribution in [0.1, 0.15) is 17.3 Å². The summed E-state index contributed by atoms with van der Waals surface area (Å²) in [6, 6.07) is 7.46. The van der Waals surface area contributed by atoms with E-state index in [-0.39, 0.29) is 12.2 Å². The number of nitrogens with one attached hydrogen (secondary N) is 1. The number of hydrogen-bond acceptors (Lipinski definition) is 8. The summed E-state index contributed by atoms with van der Waals surface area (Å²) in [7, 11) is 0. The van der Waals surface area contributed by atoms with E-state index in [1.165, 1.54) is 22.8 Å². The molecule has 1 N–H and O–H groups in total. The quantitative estimate of drug-likeness (QED) is 0.409. The van der Waals surface area contributed by atoms with Gasteiger partial charge in [-0.05, 0) is 31.4 Å². The van der Waals surface area contributed by atoms with Gasteiger partial charge in [-0.3, -0.25) is 0 Å². The normalized spacial score (nSPS) is 10.5. The molecule has 0 amide bonds. The number of anilines is 2. The number of esters is 1. The van der Waals surface area contributed by atoms with Gasteiger partial charge in [0.1, 0.15) is 11.4 Å². The highest BCUT2D eigenvalue weighted by atomic mass is 32.2. The van der Waals surface area contributed by atoms with Crippen LogP contribution in [0.3, 0.4) is 0 Å². The molecule has 0 bridgehead atoms. The lowest BCUT2D eigenvalue weighted by Gasteiger charge is -2.12. The van der Waals surface area contributed by atoms with Crippen molar-refractivity contribution in [2.45, 2.75) is 12.1 Å². The van der Waals surface area contributed by atoms with Crippen LogP contribution in [0.4, 0.5) is 11.5 Å². The number of ether oxygens (including phenoxy) is 1. The zero-order chi connectivity index (χ0) is 17.6. The molecule has 0 aliphatic heterocycles. The third kappa shape index (κ3) is 3.94. The maximum absolute atomic E-state index is 12.1. The Morgan fingerprint density at radius 1 is 1.32 bits per heavy atom. The number of carbonyl (C=O) groups is 1. The molecule has 9 heteroatoms. The smallest absolute Gasteiger partial charge is 0.343 e. The maximum Gasteiger partial charge on any atom is 0.343 e. The molecule has 3 aromatic rings. The Bertz CT molecular complexity index is 869. The third-order valence-corrected chi connectivity index (χ3v) is 3.77. The van der Waals surface area contributed by atoms with Crippen LogP contribution in [0.25, 0.3) is 5.69 Å². The predicted octanol–water partition coefficient (Wildman–Crippen LogP) is 2.70. The average Bonchev–Trinajstić information content (AvgIpc) is 3.17. The second-order valence-electron chi connectivity index (χ2n) is 4.83. The molecule has 2 aromatic heterocycles. The van der Waals surface area contributed by atoms with Gasteiger partial charge in [0.25, 0.3) is 0 Å². The molecule has 0 unspecified atom stereocenters. The standard InChI is InChI=1S/C16H16N6O2S/c1-3-24-15(23)13-10-17-16(25-2)21-14(13)20-11-5-4-6-12(9-11)22-18-7-8-19-22/h4-10H,3H2,1-2H3,(H,17,20,21). The van der Waals surface area contributed by atoms with E-state index in [1.807, 2.05) is 30.5 Å². The molecule has 0 aliphatic rings. The fraction of sp³-hybridized carbons (Fsp3) is 0.188. The van der Waals surface area contributed by atoms with Gasteiger partial charge >= 0.3 is 5.97 Å². The van der Waals surface area contributed by atoms with Crippen molar-refractivity contribution in [3.63, 3.8) is 0 Å². The van der Waals surface area contributed by atoms with Crippen molar-refractivity contribution in [3.8, 4) is 5.69 Å². The number of aromatic nitrogens is 5. The molecule has 0 aliphatic carbocycles. The van der Waals surface area contributed by atoms with Crippen LogP contribution in [-0.4, -0.2) is 43.8 Å². The second kappa shape index (κ2) is 7.75. The third-order valence-electron chi connectivity index (χ3n) is 3.20. The summed E-state index contributed by atoms with van der Waals surface area (Å²) in [4.78, 5) is 22.2. The fourth-order valence-corrected chi connectivity index (χ4v) is 2.45. The molecule has 0 saturated heterocycles. The van der Waals surface area contributed by atoms with Crippen molar-refractivity contribution >= 4 is 29.2 Å². The van der Waals surface area contributed by atoms with Gasteiger partial charge in [-0.25, -0.2) is 14.8 Å². The maximum atomic E-state index is 12.1. The van der Waals surface area contributed by atoms with Crippen molar-refractivity contribution in [2.24, 2.45) is 0 Å². The first kappa shape index (κ1) is 16.9. The number of hydrogen-bond donors (Lipinski definition) is 1. The Morgan fingerprint density at radius 2 is 2.12 bits per heavy atom. The Labute approximate surface area is 148 Å². The van der Waals surface area contributed by atoms with Gasteiger partial charge in [0.2, 0.25) is 0 Å². The number of benzene rings is 1. The van der Waals surface area contributed by atoms with Crippen LogP contribution in [0.5, 0.6) is 0 Å². The van der Waals surface area contributed by atoms with Crippen LogP contribution >= 0.6 is 11.8 Å². The molecule has 3 rings (SSSR count). The summed E-state index contributed by atoms with van der Waals surface area (Å²) < 4.78 is 5.07. The lowest BCUT2D eigenvalue weighted by molar-refractivity contribution is 0.0526. The predicted molar refractivity (Wildman–Crippen MR) is 94.4 cm³/mol. The van der Waals surface area contributed by atoms with E-state index in [4.69, 9.17) is 4.74 Å². The molecule has 0 saturated carbocycles. The topological polar surface area (TPSA) is 94.8 Å². The summed E-state index contributed by atoms with van der Waals surface area (Å²) in [5.41, 5.74) is 1.81. The van der Waals surface area contributed by atoms with Crippen molar-refractivity contribution in [3.05, 3.63) is 48.4 Å². The van der Waals surface area contributed by atoms with Crippen molar-refractivity contribution in [1.82, 2.24) is 25.0 Å². The molecule has 8 nitrogen and oxygen atoms in total. The van der Waals surface area contributed by atoms with Crippen molar-refractivity contribution < 1.29 is 9.53 Å². The number of nitrogens with zero attached hydrogens (tertiary/aromatic N) is 5. The van der Waals surface area contributed by atoms with Gasteiger partial charge in [-0.1, -0.05) is 17.8 Å².